The van der Waals surface area contributed by atoms with E-state index in [9.17, 15) is 8.42 Å². The number of sulfonamides is 1. The third-order valence-corrected chi connectivity index (χ3v) is 8.38. The normalized spacial score (nSPS) is 15.4. The zero-order valence-electron chi connectivity index (χ0n) is 19.0. The van der Waals surface area contributed by atoms with Crippen molar-refractivity contribution in [1.82, 2.24) is 9.21 Å². The number of benzene rings is 4. The average molecular weight is 469 g/mol. The van der Waals surface area contributed by atoms with Crippen molar-refractivity contribution in [1.29, 1.82) is 0 Å². The first-order valence-electron chi connectivity index (χ1n) is 11.6. The second kappa shape index (κ2) is 9.94. The highest BCUT2D eigenvalue weighted by atomic mass is 32.2. The van der Waals surface area contributed by atoms with E-state index in [1.165, 1.54) is 11.1 Å². The van der Waals surface area contributed by atoms with E-state index in [1.807, 2.05) is 54.6 Å². The highest BCUT2D eigenvalue weighted by Crippen LogP contribution is 2.31. The van der Waals surface area contributed by atoms with Crippen molar-refractivity contribution in [2.75, 3.05) is 26.2 Å². The molecule has 0 spiro atoms. The quantitative estimate of drug-likeness (QED) is 0.378. The molecule has 1 saturated heterocycles. The third-order valence-electron chi connectivity index (χ3n) is 6.47. The van der Waals surface area contributed by atoms with Crippen LogP contribution in [0.5, 0.6) is 0 Å². The number of piperazine rings is 1. The molecule has 5 heteroatoms. The van der Waals surface area contributed by atoms with Gasteiger partial charge in [-0.3, -0.25) is 4.90 Å². The molecule has 4 nitrogen and oxygen atoms in total. The molecule has 34 heavy (non-hydrogen) atoms. The van der Waals surface area contributed by atoms with Crippen LogP contribution in [0, 0.1) is 0 Å². The summed E-state index contributed by atoms with van der Waals surface area (Å²) in [7, 11) is -3.53. The Morgan fingerprint density at radius 1 is 0.529 bits per heavy atom. The number of hydrogen-bond acceptors (Lipinski definition) is 3. The van der Waals surface area contributed by atoms with Crippen molar-refractivity contribution in [2.24, 2.45) is 0 Å². The van der Waals surface area contributed by atoms with E-state index in [2.05, 4.69) is 53.4 Å². The predicted octanol–water partition coefficient (Wildman–Crippen LogP) is 5.45. The summed E-state index contributed by atoms with van der Waals surface area (Å²) < 4.78 is 28.3. The molecule has 0 N–H and O–H groups in total. The van der Waals surface area contributed by atoms with Crippen LogP contribution < -0.4 is 0 Å². The Kier molecular flexibility index (Phi) is 6.59. The third kappa shape index (κ3) is 4.68. The summed E-state index contributed by atoms with van der Waals surface area (Å²) in [5.41, 5.74) is 4.54. The van der Waals surface area contributed by atoms with E-state index >= 15 is 0 Å². The fourth-order valence-electron chi connectivity index (χ4n) is 4.69. The van der Waals surface area contributed by atoms with Crippen molar-refractivity contribution < 1.29 is 8.42 Å². The minimum atomic E-state index is -3.53. The molecular weight excluding hydrogens is 440 g/mol. The van der Waals surface area contributed by atoms with E-state index in [4.69, 9.17) is 0 Å². The van der Waals surface area contributed by atoms with Crippen LogP contribution in [0.4, 0.5) is 0 Å². The molecule has 0 radical (unpaired) electrons. The second-order valence-electron chi connectivity index (χ2n) is 8.55. The minimum Gasteiger partial charge on any atom is -0.290 e. The summed E-state index contributed by atoms with van der Waals surface area (Å²) in [4.78, 5) is 2.73. The lowest BCUT2D eigenvalue weighted by molar-refractivity contribution is 0.156. The van der Waals surface area contributed by atoms with Crippen molar-refractivity contribution in [3.63, 3.8) is 0 Å². The summed E-state index contributed by atoms with van der Waals surface area (Å²) in [5, 5.41) is 0. The van der Waals surface area contributed by atoms with Crippen LogP contribution in [0.1, 0.15) is 17.2 Å². The lowest BCUT2D eigenvalue weighted by atomic mass is 9.96. The highest BCUT2D eigenvalue weighted by Gasteiger charge is 2.32. The molecule has 0 aliphatic carbocycles. The molecule has 172 valence electrons. The van der Waals surface area contributed by atoms with Crippen molar-refractivity contribution in [2.45, 2.75) is 10.9 Å². The van der Waals surface area contributed by atoms with E-state index in [1.54, 1.807) is 16.4 Å². The molecule has 0 bridgehead atoms. The highest BCUT2D eigenvalue weighted by molar-refractivity contribution is 7.89. The van der Waals surface area contributed by atoms with Gasteiger partial charge in [0.05, 0.1) is 10.9 Å². The maximum absolute atomic E-state index is 13.4. The molecule has 1 aliphatic heterocycles. The van der Waals surface area contributed by atoms with Gasteiger partial charge in [0.25, 0.3) is 0 Å². The SMILES string of the molecule is O=S(=O)(c1ccc(-c2ccccc2)cc1)N1CCN(C(c2ccccc2)c2ccccc2)CC1. The van der Waals surface area contributed by atoms with Crippen LogP contribution in [0.25, 0.3) is 11.1 Å². The first kappa shape index (κ1) is 22.5. The summed E-state index contributed by atoms with van der Waals surface area (Å²) in [6, 6.07) is 38.2. The van der Waals surface area contributed by atoms with Gasteiger partial charge >= 0.3 is 0 Å². The maximum atomic E-state index is 13.4. The maximum Gasteiger partial charge on any atom is 0.243 e. The van der Waals surface area contributed by atoms with Gasteiger partial charge in [-0.15, -0.1) is 0 Å². The van der Waals surface area contributed by atoms with Crippen LogP contribution >= 0.6 is 0 Å². The minimum absolute atomic E-state index is 0.109. The summed E-state index contributed by atoms with van der Waals surface area (Å²) in [5.74, 6) is 0. The Morgan fingerprint density at radius 3 is 1.47 bits per heavy atom. The van der Waals surface area contributed by atoms with Crippen LogP contribution in [-0.2, 0) is 10.0 Å². The van der Waals surface area contributed by atoms with Crippen molar-refractivity contribution in [3.8, 4) is 11.1 Å². The van der Waals surface area contributed by atoms with Crippen LogP contribution in [0.3, 0.4) is 0 Å². The standard InChI is InChI=1S/C29H28N2O2S/c32-34(33,28-18-16-25(17-19-28)24-10-4-1-5-11-24)31-22-20-30(21-23-31)29(26-12-6-2-7-13-26)27-14-8-3-9-15-27/h1-19,29H,20-23H2. The molecule has 0 atom stereocenters. The van der Waals surface area contributed by atoms with Gasteiger partial charge in [-0.2, -0.15) is 4.31 Å². The summed E-state index contributed by atoms with van der Waals surface area (Å²) >= 11 is 0. The molecule has 4 aromatic carbocycles. The molecule has 0 aromatic heterocycles. The average Bonchev–Trinajstić information content (AvgIpc) is 2.91. The van der Waals surface area contributed by atoms with E-state index in [0.29, 0.717) is 31.1 Å². The predicted molar refractivity (Wildman–Crippen MR) is 137 cm³/mol. The van der Waals surface area contributed by atoms with Gasteiger partial charge in [-0.1, -0.05) is 103 Å². The molecule has 0 unspecified atom stereocenters. The summed E-state index contributed by atoms with van der Waals surface area (Å²) in [6.45, 7) is 2.30. The van der Waals surface area contributed by atoms with Gasteiger partial charge in [-0.25, -0.2) is 8.42 Å². The van der Waals surface area contributed by atoms with E-state index < -0.39 is 10.0 Å². The second-order valence-corrected chi connectivity index (χ2v) is 10.5. The Labute approximate surface area is 202 Å². The topological polar surface area (TPSA) is 40.6 Å². The van der Waals surface area contributed by atoms with Crippen LogP contribution in [0.2, 0.25) is 0 Å². The molecule has 0 saturated carbocycles. The largest absolute Gasteiger partial charge is 0.290 e. The summed E-state index contributed by atoms with van der Waals surface area (Å²) in [6.07, 6.45) is 0. The molecule has 1 fully saturated rings. The first-order chi connectivity index (χ1) is 16.6. The van der Waals surface area contributed by atoms with E-state index in [-0.39, 0.29) is 6.04 Å². The Morgan fingerprint density at radius 2 is 0.971 bits per heavy atom. The van der Waals surface area contributed by atoms with Gasteiger partial charge in [0.15, 0.2) is 0 Å². The van der Waals surface area contributed by atoms with Crippen LogP contribution in [0.15, 0.2) is 120 Å². The van der Waals surface area contributed by atoms with Crippen LogP contribution in [-0.4, -0.2) is 43.8 Å². The zero-order valence-corrected chi connectivity index (χ0v) is 19.8. The lowest BCUT2D eigenvalue weighted by Crippen LogP contribution is -2.49. The molecule has 1 aliphatic rings. The molecule has 0 amide bonds. The van der Waals surface area contributed by atoms with Gasteiger partial charge in [0, 0.05) is 26.2 Å². The number of rotatable bonds is 6. The smallest absolute Gasteiger partial charge is 0.243 e. The molecule has 5 rings (SSSR count). The Bertz CT molecular complexity index is 1260. The molecule has 4 aromatic rings. The zero-order chi connectivity index (χ0) is 23.4. The number of nitrogens with zero attached hydrogens (tertiary/aromatic N) is 2. The fourth-order valence-corrected chi connectivity index (χ4v) is 6.11. The molecule has 1 heterocycles. The van der Waals surface area contributed by atoms with E-state index in [0.717, 1.165) is 11.1 Å². The number of hydrogen-bond donors (Lipinski definition) is 0. The Hall–Kier alpha value is -3.25. The fraction of sp³-hybridized carbons (Fsp3) is 0.172. The van der Waals surface area contributed by atoms with Gasteiger partial charge in [0.1, 0.15) is 0 Å². The lowest BCUT2D eigenvalue weighted by Gasteiger charge is -2.39. The van der Waals surface area contributed by atoms with Gasteiger partial charge in [0.2, 0.25) is 10.0 Å². The van der Waals surface area contributed by atoms with Crippen molar-refractivity contribution in [3.05, 3.63) is 126 Å². The van der Waals surface area contributed by atoms with Gasteiger partial charge < -0.3 is 0 Å². The Balaban J connectivity index is 1.33. The monoisotopic (exact) mass is 468 g/mol. The van der Waals surface area contributed by atoms with Gasteiger partial charge in [-0.05, 0) is 34.4 Å². The molecular formula is C29H28N2O2S. The first-order valence-corrected chi connectivity index (χ1v) is 13.1. The van der Waals surface area contributed by atoms with Crippen molar-refractivity contribution >= 4 is 10.0 Å².